The summed E-state index contributed by atoms with van der Waals surface area (Å²) < 4.78 is 69.0. The van der Waals surface area contributed by atoms with Crippen LogP contribution in [0.4, 0.5) is 26.7 Å². The van der Waals surface area contributed by atoms with Gasteiger partial charge in [0.25, 0.3) is 0 Å². The van der Waals surface area contributed by atoms with Crippen molar-refractivity contribution in [3.63, 3.8) is 0 Å². The number of fused-ring (bicyclic) bond motifs is 2. The summed E-state index contributed by atoms with van der Waals surface area (Å²) in [6.45, 7) is 10.2. The van der Waals surface area contributed by atoms with Crippen molar-refractivity contribution in [1.82, 2.24) is 29.3 Å². The summed E-state index contributed by atoms with van der Waals surface area (Å²) in [4.78, 5) is 32.9. The number of amides is 1. The molecule has 0 unspecified atom stereocenters. The molecule has 0 radical (unpaired) electrons. The first kappa shape index (κ1) is 43.7. The number of carboxylic acid groups (broad SMARTS) is 1. The number of ether oxygens (including phenoxy) is 1. The number of para-hydroxylation sites is 4. The molecule has 15 heteroatoms. The number of hydrogen-bond donors (Lipinski definition) is 2. The van der Waals surface area contributed by atoms with Crippen molar-refractivity contribution >= 4 is 34.1 Å². The lowest BCUT2D eigenvalue weighted by Gasteiger charge is -2.33. The summed E-state index contributed by atoms with van der Waals surface area (Å²) in [5, 5.41) is 10.5. The van der Waals surface area contributed by atoms with Crippen molar-refractivity contribution in [2.24, 2.45) is 0 Å². The fourth-order valence-electron chi connectivity index (χ4n) is 7.51. The van der Waals surface area contributed by atoms with E-state index < -0.39 is 17.7 Å². The fraction of sp³-hybridized carbons (Fsp3) is 0.378. The van der Waals surface area contributed by atoms with Crippen LogP contribution in [0.25, 0.3) is 22.1 Å². The zero-order valence-corrected chi connectivity index (χ0v) is 33.8. The normalized spacial score (nSPS) is 15.2. The topological polar surface area (TPSA) is 115 Å². The standard InChI is InChI=1S/C24H28FN3O2.C19H20FN3.C2HF3O2/c1-24(2,3)30-23(29)27-13-11-18(12-14-27)22-26-20-9-4-5-10-21(20)28(22)16-17-7-6-8-19(25)15-17;20-16-5-3-4-14(12-16)13-23-18-7-2-1-6-17(18)22-19(23)15-8-10-21-11-9-15;3-2(4,5)1(6)7/h4-10,15,18H,11-14,16H2,1-3H3;1-7,12,15,21H,8-11,13H2;(H,6,7). The molecule has 0 atom stereocenters. The highest BCUT2D eigenvalue weighted by Crippen LogP contribution is 2.32. The molecule has 2 fully saturated rings. The van der Waals surface area contributed by atoms with E-state index in [4.69, 9.17) is 24.6 Å². The summed E-state index contributed by atoms with van der Waals surface area (Å²) in [6, 6.07) is 29.8. The van der Waals surface area contributed by atoms with Gasteiger partial charge < -0.3 is 29.2 Å². The summed E-state index contributed by atoms with van der Waals surface area (Å²) in [6.07, 6.45) is -1.48. The SMILES string of the molecule is CC(C)(C)OC(=O)N1CCC(c2nc3ccccc3n2Cc2cccc(F)c2)CC1.Fc1cccc(Cn2c(C3CCNCC3)nc3ccccc32)c1.O=C(O)C(F)(F)F. The maximum atomic E-state index is 13.7. The number of hydrogen-bond acceptors (Lipinski definition) is 6. The molecule has 2 saturated heterocycles. The van der Waals surface area contributed by atoms with E-state index in [2.05, 4.69) is 32.7 Å². The van der Waals surface area contributed by atoms with E-state index in [1.54, 1.807) is 29.2 Å². The molecule has 0 aliphatic carbocycles. The van der Waals surface area contributed by atoms with Crippen LogP contribution in [0.2, 0.25) is 0 Å². The van der Waals surface area contributed by atoms with E-state index in [1.807, 2.05) is 63.2 Å². The first-order chi connectivity index (χ1) is 28.6. The van der Waals surface area contributed by atoms with Gasteiger partial charge in [-0.15, -0.1) is 0 Å². The number of likely N-dealkylation sites (tertiary alicyclic amines) is 1. The molecular weight excluding hydrogens is 784 g/mol. The third-order valence-corrected chi connectivity index (χ3v) is 10.3. The minimum Gasteiger partial charge on any atom is -0.475 e. The van der Waals surface area contributed by atoms with E-state index in [0.717, 1.165) is 83.6 Å². The largest absolute Gasteiger partial charge is 0.490 e. The number of carbonyl (C=O) groups excluding carboxylic acids is 1. The molecule has 2 aromatic heterocycles. The maximum Gasteiger partial charge on any atom is 0.490 e. The maximum absolute atomic E-state index is 13.7. The molecule has 4 aromatic carbocycles. The average molecular weight is 833 g/mol. The number of imidazole rings is 2. The predicted molar refractivity (Wildman–Crippen MR) is 219 cm³/mol. The lowest BCUT2D eigenvalue weighted by molar-refractivity contribution is -0.192. The number of nitrogens with one attached hydrogen (secondary N) is 1. The van der Waals surface area contributed by atoms with E-state index in [9.17, 15) is 26.7 Å². The van der Waals surface area contributed by atoms with E-state index >= 15 is 0 Å². The van der Waals surface area contributed by atoms with Crippen LogP contribution < -0.4 is 5.32 Å². The van der Waals surface area contributed by atoms with Crippen molar-refractivity contribution in [2.45, 2.75) is 83.2 Å². The number of halogens is 5. The molecule has 2 aliphatic heterocycles. The van der Waals surface area contributed by atoms with E-state index in [0.29, 0.717) is 32.1 Å². The Bertz CT molecular complexity index is 2390. The van der Waals surface area contributed by atoms with E-state index in [-0.39, 0.29) is 23.6 Å². The number of nitrogens with zero attached hydrogens (tertiary/aromatic N) is 5. The van der Waals surface area contributed by atoms with Gasteiger partial charge in [0.05, 0.1) is 22.1 Å². The molecule has 8 rings (SSSR count). The molecule has 318 valence electrons. The van der Waals surface area contributed by atoms with Gasteiger partial charge in [-0.1, -0.05) is 48.5 Å². The summed E-state index contributed by atoms with van der Waals surface area (Å²) >= 11 is 0. The fourth-order valence-corrected chi connectivity index (χ4v) is 7.51. The molecule has 6 aromatic rings. The Hall–Kier alpha value is -5.83. The second kappa shape index (κ2) is 19.0. The first-order valence-electron chi connectivity index (χ1n) is 19.9. The van der Waals surface area contributed by atoms with Gasteiger partial charge in [0.2, 0.25) is 0 Å². The second-order valence-corrected chi connectivity index (χ2v) is 15.9. The lowest BCUT2D eigenvalue weighted by Crippen LogP contribution is -2.41. The Morgan fingerprint density at radius 2 is 1.13 bits per heavy atom. The van der Waals surface area contributed by atoms with Crippen LogP contribution >= 0.6 is 0 Å². The van der Waals surface area contributed by atoms with Crippen LogP contribution in [-0.4, -0.2) is 79.1 Å². The Kier molecular flexibility index (Phi) is 13.9. The van der Waals surface area contributed by atoms with Crippen LogP contribution in [0.5, 0.6) is 0 Å². The minimum atomic E-state index is -5.08. The first-order valence-corrected chi connectivity index (χ1v) is 19.9. The quantitative estimate of drug-likeness (QED) is 0.161. The van der Waals surface area contributed by atoms with Gasteiger partial charge in [-0.3, -0.25) is 0 Å². The smallest absolute Gasteiger partial charge is 0.475 e. The number of alkyl halides is 3. The Morgan fingerprint density at radius 3 is 1.55 bits per heavy atom. The zero-order chi connectivity index (χ0) is 43.0. The van der Waals surface area contributed by atoms with Gasteiger partial charge in [-0.25, -0.2) is 28.3 Å². The predicted octanol–water partition coefficient (Wildman–Crippen LogP) is 9.66. The molecule has 1 amide bonds. The third kappa shape index (κ3) is 11.5. The van der Waals surface area contributed by atoms with Gasteiger partial charge in [-0.2, -0.15) is 13.2 Å². The van der Waals surface area contributed by atoms with Gasteiger partial charge in [0.1, 0.15) is 28.9 Å². The zero-order valence-electron chi connectivity index (χ0n) is 33.8. The van der Waals surface area contributed by atoms with Crippen LogP contribution in [0.15, 0.2) is 97.1 Å². The molecule has 0 bridgehead atoms. The highest BCUT2D eigenvalue weighted by molar-refractivity contribution is 5.77. The Morgan fingerprint density at radius 1 is 0.700 bits per heavy atom. The summed E-state index contributed by atoms with van der Waals surface area (Å²) in [5.74, 6) is -0.324. The monoisotopic (exact) mass is 832 g/mol. The molecule has 2 aliphatic rings. The number of carboxylic acids is 1. The highest BCUT2D eigenvalue weighted by atomic mass is 19.4. The molecule has 60 heavy (non-hydrogen) atoms. The van der Waals surface area contributed by atoms with Gasteiger partial charge in [0, 0.05) is 38.0 Å². The Labute approximate surface area is 345 Å². The summed E-state index contributed by atoms with van der Waals surface area (Å²) in [7, 11) is 0. The third-order valence-electron chi connectivity index (χ3n) is 10.3. The molecule has 2 N–H and O–H groups in total. The lowest BCUT2D eigenvalue weighted by atomic mass is 9.96. The second-order valence-electron chi connectivity index (χ2n) is 15.9. The summed E-state index contributed by atoms with van der Waals surface area (Å²) in [5.41, 5.74) is 5.54. The Balaban J connectivity index is 0.000000178. The number of carbonyl (C=O) groups is 2. The highest BCUT2D eigenvalue weighted by Gasteiger charge is 2.38. The van der Waals surface area contributed by atoms with Crippen LogP contribution in [0.3, 0.4) is 0 Å². The number of aliphatic carboxylic acids is 1. The van der Waals surface area contributed by atoms with E-state index in [1.165, 1.54) is 12.1 Å². The molecular formula is C45H49F5N6O4. The molecule has 0 saturated carbocycles. The van der Waals surface area contributed by atoms with Gasteiger partial charge in [-0.05, 0) is 119 Å². The molecule has 4 heterocycles. The minimum absolute atomic E-state index is 0.185. The van der Waals surface area contributed by atoms with Crippen LogP contribution in [-0.2, 0) is 22.6 Å². The number of rotatable bonds is 6. The number of aromatic nitrogens is 4. The van der Waals surface area contributed by atoms with Crippen molar-refractivity contribution in [1.29, 1.82) is 0 Å². The number of piperidine rings is 2. The number of benzene rings is 4. The van der Waals surface area contributed by atoms with Crippen LogP contribution in [0, 0.1) is 11.6 Å². The van der Waals surface area contributed by atoms with Crippen molar-refractivity contribution in [3.8, 4) is 0 Å². The van der Waals surface area contributed by atoms with Gasteiger partial charge in [0.15, 0.2) is 0 Å². The van der Waals surface area contributed by atoms with Crippen molar-refractivity contribution in [2.75, 3.05) is 26.2 Å². The molecule has 0 spiro atoms. The van der Waals surface area contributed by atoms with Gasteiger partial charge >= 0.3 is 18.2 Å². The average Bonchev–Trinajstić information content (AvgIpc) is 3.76. The molecule has 10 nitrogen and oxygen atoms in total. The van der Waals surface area contributed by atoms with Crippen LogP contribution in [0.1, 0.15) is 81.1 Å². The van der Waals surface area contributed by atoms with Crippen molar-refractivity contribution in [3.05, 3.63) is 131 Å². The van der Waals surface area contributed by atoms with Crippen molar-refractivity contribution < 1.29 is 41.4 Å².